The number of benzene rings is 1. The molecule has 5 rings (SSSR count). The highest BCUT2D eigenvalue weighted by Crippen LogP contribution is 2.47. The van der Waals surface area contributed by atoms with Crippen LogP contribution in [0, 0.1) is 37.0 Å². The van der Waals surface area contributed by atoms with E-state index in [4.69, 9.17) is 9.72 Å². The number of carbonyl (C=O) groups excluding carboxylic acids is 1. The van der Waals surface area contributed by atoms with Crippen LogP contribution < -0.4 is 9.64 Å². The zero-order valence-corrected chi connectivity index (χ0v) is 23.5. The van der Waals surface area contributed by atoms with E-state index in [0.717, 1.165) is 35.2 Å². The van der Waals surface area contributed by atoms with Gasteiger partial charge in [0.2, 0.25) is 0 Å². The lowest BCUT2D eigenvalue weighted by Gasteiger charge is -2.39. The fourth-order valence-electron chi connectivity index (χ4n) is 5.83. The highest BCUT2D eigenvalue weighted by atomic mass is 16.5. The van der Waals surface area contributed by atoms with E-state index in [1.807, 2.05) is 40.0 Å². The van der Waals surface area contributed by atoms with E-state index in [1.165, 1.54) is 5.56 Å². The van der Waals surface area contributed by atoms with Crippen molar-refractivity contribution >= 4 is 34.4 Å². The highest BCUT2D eigenvalue weighted by molar-refractivity contribution is 6.11. The SMILES string of the molecule is CC#CC(=O)N(c1ccc2c(n1)c(O[C@H]1CC[C@@H](C(=O)O)C(C)(C)C1)nn2C)c1cc(C)c(C)cc1C1CC1. The second-order valence-electron chi connectivity index (χ2n) is 11.7. The number of carboxylic acid groups (broad SMARTS) is 1. The van der Waals surface area contributed by atoms with Crippen molar-refractivity contribution in [1.82, 2.24) is 14.8 Å². The summed E-state index contributed by atoms with van der Waals surface area (Å²) >= 11 is 0. The van der Waals surface area contributed by atoms with Gasteiger partial charge < -0.3 is 9.84 Å². The second kappa shape index (κ2) is 10.0. The Balaban J connectivity index is 1.55. The predicted octanol–water partition coefficient (Wildman–Crippen LogP) is 5.81. The Morgan fingerprint density at radius 3 is 2.49 bits per heavy atom. The Labute approximate surface area is 229 Å². The van der Waals surface area contributed by atoms with E-state index in [1.54, 1.807) is 16.5 Å². The number of aliphatic carboxylic acids is 1. The normalized spacial score (nSPS) is 20.3. The van der Waals surface area contributed by atoms with E-state index in [2.05, 4.69) is 36.0 Å². The molecule has 8 nitrogen and oxygen atoms in total. The van der Waals surface area contributed by atoms with Gasteiger partial charge in [-0.25, -0.2) is 4.98 Å². The highest BCUT2D eigenvalue weighted by Gasteiger charge is 2.42. The van der Waals surface area contributed by atoms with Crippen LogP contribution in [0.25, 0.3) is 11.0 Å². The molecule has 2 atom stereocenters. The average molecular weight is 529 g/mol. The van der Waals surface area contributed by atoms with E-state index >= 15 is 0 Å². The van der Waals surface area contributed by atoms with Gasteiger partial charge in [0.25, 0.3) is 5.88 Å². The molecule has 2 aliphatic carbocycles. The van der Waals surface area contributed by atoms with Crippen molar-refractivity contribution in [1.29, 1.82) is 0 Å². The molecular formula is C31H36N4O4. The standard InChI is InChI=1S/C31H36N4O4/c1-7-8-27(36)35(25-16-19(3)18(2)15-22(25)20-9-10-20)26-14-13-24-28(32-26)29(33-34(24)6)39-21-11-12-23(30(37)38)31(4,5)17-21/h13-16,20-21,23H,9-12,17H2,1-6H3,(H,37,38)/t21-,23-/m0/s1. The van der Waals surface area contributed by atoms with Crippen molar-refractivity contribution in [3.05, 3.63) is 41.0 Å². The minimum Gasteiger partial charge on any atom is -0.481 e. The van der Waals surface area contributed by atoms with E-state index in [9.17, 15) is 14.7 Å². The van der Waals surface area contributed by atoms with Gasteiger partial charge in [0.05, 0.1) is 17.1 Å². The third-order valence-electron chi connectivity index (χ3n) is 8.27. The maximum Gasteiger partial charge on any atom is 0.308 e. The molecule has 2 fully saturated rings. The summed E-state index contributed by atoms with van der Waals surface area (Å²) in [5, 5.41) is 14.2. The molecule has 3 aromatic rings. The first-order valence-corrected chi connectivity index (χ1v) is 13.6. The summed E-state index contributed by atoms with van der Waals surface area (Å²) in [5.74, 6) is 5.25. The number of fused-ring (bicyclic) bond motifs is 1. The number of amides is 1. The number of carbonyl (C=O) groups is 2. The quantitative estimate of drug-likeness (QED) is 0.406. The van der Waals surface area contributed by atoms with Gasteiger partial charge in [-0.15, -0.1) is 5.10 Å². The van der Waals surface area contributed by atoms with Crippen LogP contribution in [0.5, 0.6) is 5.88 Å². The Kier molecular flexibility index (Phi) is 6.88. The van der Waals surface area contributed by atoms with E-state index in [0.29, 0.717) is 42.4 Å². The minimum absolute atomic E-state index is 0.177. The summed E-state index contributed by atoms with van der Waals surface area (Å²) in [4.78, 5) is 31.7. The lowest BCUT2D eigenvalue weighted by atomic mass is 9.68. The molecule has 2 heterocycles. The molecule has 0 saturated heterocycles. The molecule has 2 aromatic heterocycles. The molecule has 39 heavy (non-hydrogen) atoms. The third kappa shape index (κ3) is 5.10. The summed E-state index contributed by atoms with van der Waals surface area (Å²) in [6, 6.07) is 7.98. The molecule has 0 spiro atoms. The molecule has 0 bridgehead atoms. The third-order valence-corrected chi connectivity index (χ3v) is 8.27. The molecule has 1 amide bonds. The molecule has 0 radical (unpaired) electrons. The monoisotopic (exact) mass is 528 g/mol. The molecule has 1 N–H and O–H groups in total. The maximum absolute atomic E-state index is 13.4. The Morgan fingerprint density at radius 2 is 1.85 bits per heavy atom. The zero-order chi connectivity index (χ0) is 28.1. The smallest absolute Gasteiger partial charge is 0.308 e. The van der Waals surface area contributed by atoms with Crippen LogP contribution in [-0.4, -0.2) is 37.9 Å². The molecule has 1 aromatic carbocycles. The number of ether oxygens (including phenoxy) is 1. The van der Waals surface area contributed by atoms with Crippen LogP contribution >= 0.6 is 0 Å². The molecule has 204 valence electrons. The van der Waals surface area contributed by atoms with Crippen molar-refractivity contribution < 1.29 is 19.4 Å². The number of aromatic nitrogens is 3. The molecule has 8 heteroatoms. The summed E-state index contributed by atoms with van der Waals surface area (Å²) in [5.41, 5.74) is 5.20. The van der Waals surface area contributed by atoms with Crippen LogP contribution in [0.4, 0.5) is 11.5 Å². The number of pyridine rings is 1. The van der Waals surface area contributed by atoms with Gasteiger partial charge in [-0.3, -0.25) is 19.2 Å². The number of hydrogen-bond donors (Lipinski definition) is 1. The largest absolute Gasteiger partial charge is 0.481 e. The summed E-state index contributed by atoms with van der Waals surface area (Å²) in [6.45, 7) is 9.76. The summed E-state index contributed by atoms with van der Waals surface area (Å²) < 4.78 is 8.11. The fourth-order valence-corrected chi connectivity index (χ4v) is 5.83. The zero-order valence-electron chi connectivity index (χ0n) is 23.5. The van der Waals surface area contributed by atoms with Gasteiger partial charge >= 0.3 is 11.9 Å². The van der Waals surface area contributed by atoms with E-state index in [-0.39, 0.29) is 12.0 Å². The number of anilines is 2. The first-order valence-electron chi connectivity index (χ1n) is 13.6. The van der Waals surface area contributed by atoms with Crippen LogP contribution in [0.2, 0.25) is 0 Å². The Hall–Kier alpha value is -3.86. The Morgan fingerprint density at radius 1 is 1.13 bits per heavy atom. The second-order valence-corrected chi connectivity index (χ2v) is 11.7. The van der Waals surface area contributed by atoms with E-state index < -0.39 is 17.3 Å². The lowest BCUT2D eigenvalue weighted by Crippen LogP contribution is -2.41. The first kappa shape index (κ1) is 26.7. The van der Waals surface area contributed by atoms with Gasteiger partial charge in [-0.1, -0.05) is 25.8 Å². The predicted molar refractivity (Wildman–Crippen MR) is 150 cm³/mol. The topological polar surface area (TPSA) is 97.6 Å². The Bertz CT molecular complexity index is 1520. The van der Waals surface area contributed by atoms with Crippen molar-refractivity contribution in [2.24, 2.45) is 18.4 Å². The number of carboxylic acids is 1. The van der Waals surface area contributed by atoms with Crippen molar-refractivity contribution in [2.75, 3.05) is 4.90 Å². The lowest BCUT2D eigenvalue weighted by molar-refractivity contribution is -0.149. The summed E-state index contributed by atoms with van der Waals surface area (Å²) in [7, 11) is 1.84. The minimum atomic E-state index is -0.759. The molecular weight excluding hydrogens is 492 g/mol. The molecule has 0 aliphatic heterocycles. The number of nitrogens with zero attached hydrogens (tertiary/aromatic N) is 4. The molecule has 0 unspecified atom stereocenters. The number of aryl methyl sites for hydroxylation is 3. The van der Waals surface area contributed by atoms with Crippen molar-refractivity contribution in [3.63, 3.8) is 0 Å². The number of hydrogen-bond acceptors (Lipinski definition) is 5. The van der Waals surface area contributed by atoms with Gasteiger partial charge in [0.15, 0.2) is 5.52 Å². The molecule has 2 saturated carbocycles. The van der Waals surface area contributed by atoms with Crippen LogP contribution in [-0.2, 0) is 16.6 Å². The fraction of sp³-hybridized carbons (Fsp3) is 0.484. The summed E-state index contributed by atoms with van der Waals surface area (Å²) in [6.07, 6.45) is 3.80. The van der Waals surface area contributed by atoms with Crippen LogP contribution in [0.3, 0.4) is 0 Å². The average Bonchev–Trinajstić information content (AvgIpc) is 3.66. The van der Waals surface area contributed by atoms with Crippen LogP contribution in [0.15, 0.2) is 24.3 Å². The van der Waals surface area contributed by atoms with Gasteiger partial charge in [-0.05, 0) is 105 Å². The van der Waals surface area contributed by atoms with Gasteiger partial charge in [0.1, 0.15) is 11.9 Å². The van der Waals surface area contributed by atoms with Crippen molar-refractivity contribution in [2.45, 2.75) is 78.7 Å². The molecule has 2 aliphatic rings. The van der Waals surface area contributed by atoms with Gasteiger partial charge in [-0.2, -0.15) is 0 Å². The number of rotatable bonds is 6. The van der Waals surface area contributed by atoms with Gasteiger partial charge in [0, 0.05) is 7.05 Å². The first-order chi connectivity index (χ1) is 18.5. The van der Waals surface area contributed by atoms with Crippen LogP contribution in [0.1, 0.15) is 75.5 Å². The maximum atomic E-state index is 13.4. The van der Waals surface area contributed by atoms with Crippen molar-refractivity contribution in [3.8, 4) is 17.7 Å².